The van der Waals surface area contributed by atoms with E-state index in [1.54, 1.807) is 4.90 Å². The van der Waals surface area contributed by atoms with Crippen LogP contribution >= 0.6 is 0 Å². The highest BCUT2D eigenvalue weighted by Crippen LogP contribution is 2.32. The monoisotopic (exact) mass is 439 g/mol. The zero-order valence-corrected chi connectivity index (χ0v) is 19.7. The van der Waals surface area contributed by atoms with E-state index in [9.17, 15) is 9.59 Å². The highest BCUT2D eigenvalue weighted by molar-refractivity contribution is 5.76. The molecule has 0 aliphatic carbocycles. The van der Waals surface area contributed by atoms with Crippen molar-refractivity contribution in [2.45, 2.75) is 71.8 Å². The van der Waals surface area contributed by atoms with Gasteiger partial charge in [0.1, 0.15) is 5.75 Å². The maximum atomic E-state index is 12.5. The summed E-state index contributed by atoms with van der Waals surface area (Å²) in [6.45, 7) is 5.23. The summed E-state index contributed by atoms with van der Waals surface area (Å²) in [7, 11) is 1.86. The van der Waals surface area contributed by atoms with Crippen LogP contribution in [0.25, 0.3) is 11.1 Å². The zero-order valence-electron chi connectivity index (χ0n) is 19.7. The topological polar surface area (TPSA) is 66.8 Å². The summed E-state index contributed by atoms with van der Waals surface area (Å²) in [6.07, 6.45) is 6.89. The average molecular weight is 440 g/mol. The predicted molar refractivity (Wildman–Crippen MR) is 129 cm³/mol. The van der Waals surface area contributed by atoms with Crippen LogP contribution < -0.4 is 4.74 Å². The molecule has 0 fully saturated rings. The highest BCUT2D eigenvalue weighted by atomic mass is 16.5. The van der Waals surface area contributed by atoms with Crippen LogP contribution in [-0.2, 0) is 22.6 Å². The molecule has 0 heterocycles. The Kier molecular flexibility index (Phi) is 10.8. The molecule has 0 aliphatic rings. The van der Waals surface area contributed by atoms with Crippen LogP contribution in [0.4, 0.5) is 0 Å². The molecule has 0 bridgehead atoms. The Bertz CT molecular complexity index is 878. The molecule has 2 aromatic carbocycles. The van der Waals surface area contributed by atoms with Gasteiger partial charge in [-0.05, 0) is 48.6 Å². The molecule has 174 valence electrons. The molecule has 2 rings (SSSR count). The van der Waals surface area contributed by atoms with Gasteiger partial charge in [0.05, 0.1) is 6.61 Å². The number of benzene rings is 2. The van der Waals surface area contributed by atoms with Crippen LogP contribution in [0.15, 0.2) is 42.5 Å². The molecular weight excluding hydrogens is 402 g/mol. The summed E-state index contributed by atoms with van der Waals surface area (Å²) >= 11 is 0. The third kappa shape index (κ3) is 8.37. The number of ether oxygens (including phenoxy) is 1. The minimum absolute atomic E-state index is 0.0966. The summed E-state index contributed by atoms with van der Waals surface area (Å²) in [5.74, 6) is 0.133. The standard InChI is InChI=1S/C27H37NO4/c1-4-6-7-8-9-13-26(29)28(3)20-22-11-10-12-23(18-22)24-16-14-21(15-17-27(30)31)19-25(24)32-5-2/h10-12,14,16,18-19H,4-9,13,15,17,20H2,1-3H3,(H,30,31). The van der Waals surface area contributed by atoms with Crippen molar-refractivity contribution in [3.8, 4) is 16.9 Å². The molecule has 0 spiro atoms. The van der Waals surface area contributed by atoms with Crippen molar-refractivity contribution >= 4 is 11.9 Å². The fraction of sp³-hybridized carbons (Fsp3) is 0.481. The van der Waals surface area contributed by atoms with E-state index in [1.165, 1.54) is 19.3 Å². The second kappa shape index (κ2) is 13.6. The summed E-state index contributed by atoms with van der Waals surface area (Å²) < 4.78 is 5.86. The number of carboxylic acids is 1. The van der Waals surface area contributed by atoms with Gasteiger partial charge in [0.15, 0.2) is 0 Å². The number of carboxylic acid groups (broad SMARTS) is 1. The Morgan fingerprint density at radius 3 is 2.44 bits per heavy atom. The van der Waals surface area contributed by atoms with E-state index in [-0.39, 0.29) is 12.3 Å². The van der Waals surface area contributed by atoms with Gasteiger partial charge < -0.3 is 14.7 Å². The van der Waals surface area contributed by atoms with E-state index in [0.717, 1.165) is 40.8 Å². The van der Waals surface area contributed by atoms with Crippen molar-refractivity contribution in [2.75, 3.05) is 13.7 Å². The fourth-order valence-corrected chi connectivity index (χ4v) is 3.76. The highest BCUT2D eigenvalue weighted by Gasteiger charge is 2.12. The fourth-order valence-electron chi connectivity index (χ4n) is 3.76. The number of amides is 1. The Balaban J connectivity index is 2.07. The lowest BCUT2D eigenvalue weighted by atomic mass is 9.99. The zero-order chi connectivity index (χ0) is 23.3. The third-order valence-corrected chi connectivity index (χ3v) is 5.55. The van der Waals surface area contributed by atoms with E-state index >= 15 is 0 Å². The van der Waals surface area contributed by atoms with Gasteiger partial charge >= 0.3 is 5.97 Å². The minimum atomic E-state index is -0.806. The first-order valence-corrected chi connectivity index (χ1v) is 11.7. The first-order chi connectivity index (χ1) is 15.4. The van der Waals surface area contributed by atoms with Gasteiger partial charge in [0.25, 0.3) is 0 Å². The number of carbonyl (C=O) groups excluding carboxylic acids is 1. The number of nitrogens with zero attached hydrogens (tertiary/aromatic N) is 1. The molecule has 32 heavy (non-hydrogen) atoms. The normalized spacial score (nSPS) is 10.7. The smallest absolute Gasteiger partial charge is 0.303 e. The number of aliphatic carboxylic acids is 1. The molecular formula is C27H37NO4. The van der Waals surface area contributed by atoms with Crippen LogP contribution in [0, 0.1) is 0 Å². The summed E-state index contributed by atoms with van der Waals surface area (Å²) in [5, 5.41) is 8.94. The quantitative estimate of drug-likeness (QED) is 0.362. The number of hydrogen-bond acceptors (Lipinski definition) is 3. The van der Waals surface area contributed by atoms with E-state index in [0.29, 0.717) is 26.0 Å². The number of hydrogen-bond donors (Lipinski definition) is 1. The molecule has 0 radical (unpaired) electrons. The Morgan fingerprint density at radius 2 is 1.72 bits per heavy atom. The molecule has 5 heteroatoms. The molecule has 0 atom stereocenters. The van der Waals surface area contributed by atoms with E-state index in [4.69, 9.17) is 9.84 Å². The maximum Gasteiger partial charge on any atom is 0.303 e. The van der Waals surface area contributed by atoms with Gasteiger partial charge in [-0.3, -0.25) is 9.59 Å². The molecule has 2 aromatic rings. The number of unbranched alkanes of at least 4 members (excludes halogenated alkanes) is 4. The van der Waals surface area contributed by atoms with Crippen LogP contribution in [0.1, 0.15) is 69.9 Å². The summed E-state index contributed by atoms with van der Waals surface area (Å²) in [4.78, 5) is 25.2. The molecule has 0 aromatic heterocycles. The summed E-state index contributed by atoms with van der Waals surface area (Å²) in [6, 6.07) is 14.1. The molecule has 0 saturated heterocycles. The molecule has 5 nitrogen and oxygen atoms in total. The second-order valence-corrected chi connectivity index (χ2v) is 8.27. The third-order valence-electron chi connectivity index (χ3n) is 5.55. The van der Waals surface area contributed by atoms with Crippen LogP contribution in [0.3, 0.4) is 0 Å². The Hall–Kier alpha value is -2.82. The molecule has 0 aliphatic heterocycles. The summed E-state index contributed by atoms with van der Waals surface area (Å²) in [5.41, 5.74) is 4.01. The SMILES string of the molecule is CCCCCCCC(=O)N(C)Cc1cccc(-c2ccc(CCC(=O)O)cc2OCC)c1. The molecule has 1 N–H and O–H groups in total. The predicted octanol–water partition coefficient (Wildman–Crippen LogP) is 6.09. The average Bonchev–Trinajstić information content (AvgIpc) is 2.78. The molecule has 0 saturated carbocycles. The first-order valence-electron chi connectivity index (χ1n) is 11.7. The van der Waals surface area contributed by atoms with Crippen LogP contribution in [-0.4, -0.2) is 35.5 Å². The molecule has 0 unspecified atom stereocenters. The van der Waals surface area contributed by atoms with Crippen LogP contribution in [0.5, 0.6) is 5.75 Å². The number of carbonyl (C=O) groups is 2. The van der Waals surface area contributed by atoms with Crippen molar-refractivity contribution in [1.82, 2.24) is 4.90 Å². The number of aryl methyl sites for hydroxylation is 1. The molecule has 1 amide bonds. The van der Waals surface area contributed by atoms with Crippen molar-refractivity contribution in [1.29, 1.82) is 0 Å². The lowest BCUT2D eigenvalue weighted by Gasteiger charge is -2.18. The van der Waals surface area contributed by atoms with Crippen molar-refractivity contribution in [2.24, 2.45) is 0 Å². The van der Waals surface area contributed by atoms with E-state index < -0.39 is 5.97 Å². The largest absolute Gasteiger partial charge is 0.493 e. The second-order valence-electron chi connectivity index (χ2n) is 8.27. The van der Waals surface area contributed by atoms with Gasteiger partial charge in [0, 0.05) is 32.0 Å². The van der Waals surface area contributed by atoms with Gasteiger partial charge in [-0.25, -0.2) is 0 Å². The van der Waals surface area contributed by atoms with E-state index in [1.807, 2.05) is 50.4 Å². The van der Waals surface area contributed by atoms with Gasteiger partial charge in [-0.1, -0.05) is 62.9 Å². The maximum absolute atomic E-state index is 12.5. The van der Waals surface area contributed by atoms with Crippen molar-refractivity contribution in [3.63, 3.8) is 0 Å². The Morgan fingerprint density at radius 1 is 0.938 bits per heavy atom. The van der Waals surface area contributed by atoms with Crippen molar-refractivity contribution < 1.29 is 19.4 Å². The minimum Gasteiger partial charge on any atom is -0.493 e. The first kappa shape index (κ1) is 25.4. The van der Waals surface area contributed by atoms with Gasteiger partial charge in [0.2, 0.25) is 5.91 Å². The van der Waals surface area contributed by atoms with Gasteiger partial charge in [-0.15, -0.1) is 0 Å². The Labute approximate surface area is 192 Å². The van der Waals surface area contributed by atoms with Gasteiger partial charge in [-0.2, -0.15) is 0 Å². The van der Waals surface area contributed by atoms with E-state index in [2.05, 4.69) is 13.0 Å². The lowest BCUT2D eigenvalue weighted by molar-refractivity contribution is -0.137. The van der Waals surface area contributed by atoms with Crippen LogP contribution in [0.2, 0.25) is 0 Å². The van der Waals surface area contributed by atoms with Crippen molar-refractivity contribution in [3.05, 3.63) is 53.6 Å². The lowest BCUT2D eigenvalue weighted by Crippen LogP contribution is -2.25. The number of rotatable bonds is 14.